The van der Waals surface area contributed by atoms with Crippen LogP contribution in [0.5, 0.6) is 0 Å². The van der Waals surface area contributed by atoms with Crippen molar-refractivity contribution in [1.29, 1.82) is 0 Å². The summed E-state index contributed by atoms with van der Waals surface area (Å²) in [5, 5.41) is 12.7. The number of thiophene rings is 1. The summed E-state index contributed by atoms with van der Waals surface area (Å²) < 4.78 is 23.2. The van der Waals surface area contributed by atoms with Crippen molar-refractivity contribution in [3.8, 4) is 0 Å². The van der Waals surface area contributed by atoms with Crippen molar-refractivity contribution in [2.45, 2.75) is 37.9 Å². The lowest BCUT2D eigenvalue weighted by Crippen LogP contribution is -2.37. The molecule has 1 aliphatic heterocycles. The fourth-order valence-corrected chi connectivity index (χ4v) is 5.21. The predicted octanol–water partition coefficient (Wildman–Crippen LogP) is 1.81. The Bertz CT molecular complexity index is 621. The third-order valence-corrected chi connectivity index (χ3v) is 6.56. The van der Waals surface area contributed by atoms with Gasteiger partial charge in [0.1, 0.15) is 0 Å². The molecule has 8 heteroatoms. The topological polar surface area (TPSA) is 80.5 Å². The molecule has 0 spiro atoms. The largest absolute Gasteiger partial charge is 0.324 e. The van der Waals surface area contributed by atoms with Gasteiger partial charge >= 0.3 is 5.00 Å². The van der Waals surface area contributed by atoms with Gasteiger partial charge in [0.25, 0.3) is 0 Å². The van der Waals surface area contributed by atoms with E-state index in [4.69, 9.17) is 0 Å². The lowest BCUT2D eigenvalue weighted by atomic mass is 10.2. The van der Waals surface area contributed by atoms with Crippen molar-refractivity contribution >= 4 is 26.2 Å². The number of nitro groups is 1. The number of hydrogen-bond donors (Lipinski definition) is 0. The summed E-state index contributed by atoms with van der Waals surface area (Å²) in [5.74, 6) is 0.500. The molecule has 0 aromatic carbocycles. The van der Waals surface area contributed by atoms with E-state index in [1.54, 1.807) is 11.4 Å². The van der Waals surface area contributed by atoms with Crippen LogP contribution in [0.25, 0.3) is 0 Å². The minimum Gasteiger partial charge on any atom is -0.292 e. The average Bonchev–Trinajstić information content (AvgIpc) is 2.98. The maximum absolute atomic E-state index is 11.6. The van der Waals surface area contributed by atoms with Crippen molar-refractivity contribution in [3.63, 3.8) is 0 Å². The van der Waals surface area contributed by atoms with Crippen LogP contribution in [0.1, 0.15) is 24.8 Å². The smallest absolute Gasteiger partial charge is 0.292 e. The Balaban J connectivity index is 1.73. The van der Waals surface area contributed by atoms with Gasteiger partial charge in [-0.2, -0.15) is 0 Å². The number of sulfone groups is 1. The van der Waals surface area contributed by atoms with Crippen molar-refractivity contribution in [2.75, 3.05) is 11.5 Å². The Labute approximate surface area is 121 Å². The first-order valence-electron chi connectivity index (χ1n) is 6.62. The zero-order valence-electron chi connectivity index (χ0n) is 10.9. The van der Waals surface area contributed by atoms with Crippen LogP contribution in [0.4, 0.5) is 5.00 Å². The number of rotatable bonds is 5. The van der Waals surface area contributed by atoms with E-state index in [2.05, 4.69) is 4.90 Å². The Kier molecular flexibility index (Phi) is 3.55. The summed E-state index contributed by atoms with van der Waals surface area (Å²) >= 11 is 1.13. The summed E-state index contributed by atoms with van der Waals surface area (Å²) in [5.41, 5.74) is 0.915. The van der Waals surface area contributed by atoms with E-state index in [0.29, 0.717) is 19.0 Å². The Morgan fingerprint density at radius 2 is 2.10 bits per heavy atom. The molecule has 20 heavy (non-hydrogen) atoms. The van der Waals surface area contributed by atoms with E-state index >= 15 is 0 Å². The third kappa shape index (κ3) is 3.02. The molecule has 0 radical (unpaired) electrons. The van der Waals surface area contributed by atoms with Crippen molar-refractivity contribution < 1.29 is 13.3 Å². The summed E-state index contributed by atoms with van der Waals surface area (Å²) in [4.78, 5) is 12.6. The number of hydrogen-bond acceptors (Lipinski definition) is 6. The monoisotopic (exact) mass is 316 g/mol. The zero-order valence-corrected chi connectivity index (χ0v) is 12.5. The first-order chi connectivity index (χ1) is 9.44. The molecule has 0 N–H and O–H groups in total. The van der Waals surface area contributed by atoms with E-state index in [9.17, 15) is 18.5 Å². The Hall–Kier alpha value is -0.990. The van der Waals surface area contributed by atoms with Crippen LogP contribution in [0.3, 0.4) is 0 Å². The second-order valence-corrected chi connectivity index (χ2v) is 8.63. The van der Waals surface area contributed by atoms with Crippen molar-refractivity contribution in [3.05, 3.63) is 27.1 Å². The molecule has 1 aromatic rings. The van der Waals surface area contributed by atoms with Gasteiger partial charge in [-0.25, -0.2) is 8.42 Å². The van der Waals surface area contributed by atoms with Gasteiger partial charge < -0.3 is 0 Å². The van der Waals surface area contributed by atoms with Crippen LogP contribution >= 0.6 is 11.3 Å². The SMILES string of the molecule is O=[N+]([O-])c1cc(CN(C2CC2)[C@@H]2CCS(=O)(=O)C2)cs1. The minimum absolute atomic E-state index is 0.0754. The summed E-state index contributed by atoms with van der Waals surface area (Å²) in [7, 11) is -2.89. The molecule has 2 fully saturated rings. The van der Waals surface area contributed by atoms with Gasteiger partial charge in [0.2, 0.25) is 0 Å². The molecule has 3 rings (SSSR count). The lowest BCUT2D eigenvalue weighted by molar-refractivity contribution is -0.380. The van der Waals surface area contributed by atoms with Gasteiger partial charge in [0.05, 0.1) is 16.4 Å². The second kappa shape index (κ2) is 5.09. The van der Waals surface area contributed by atoms with Crippen LogP contribution in [0.15, 0.2) is 11.4 Å². The van der Waals surface area contributed by atoms with Gasteiger partial charge in [-0.1, -0.05) is 11.3 Å². The highest BCUT2D eigenvalue weighted by atomic mass is 32.2. The normalized spacial score (nSPS) is 25.1. The quantitative estimate of drug-likeness (QED) is 0.611. The molecule has 1 atom stereocenters. The van der Waals surface area contributed by atoms with E-state index in [1.807, 2.05) is 0 Å². The molecule has 0 unspecified atom stereocenters. The van der Waals surface area contributed by atoms with Crippen molar-refractivity contribution in [1.82, 2.24) is 4.90 Å². The molecule has 6 nitrogen and oxygen atoms in total. The highest BCUT2D eigenvalue weighted by Gasteiger charge is 2.39. The van der Waals surface area contributed by atoms with E-state index < -0.39 is 9.84 Å². The summed E-state index contributed by atoms with van der Waals surface area (Å²) in [6.07, 6.45) is 2.89. The molecule has 1 aliphatic carbocycles. The first-order valence-corrected chi connectivity index (χ1v) is 9.33. The van der Waals surface area contributed by atoms with E-state index in [0.717, 1.165) is 29.7 Å². The molecular weight excluding hydrogens is 300 g/mol. The molecule has 1 saturated heterocycles. The van der Waals surface area contributed by atoms with Crippen molar-refractivity contribution in [2.24, 2.45) is 0 Å². The van der Waals surface area contributed by atoms with Crippen LogP contribution < -0.4 is 0 Å². The fraction of sp³-hybridized carbons (Fsp3) is 0.667. The van der Waals surface area contributed by atoms with E-state index in [-0.39, 0.29) is 27.5 Å². The second-order valence-electron chi connectivity index (χ2n) is 5.51. The van der Waals surface area contributed by atoms with Gasteiger partial charge in [-0.05, 0) is 24.8 Å². The Morgan fingerprint density at radius 3 is 2.60 bits per heavy atom. The van der Waals surface area contributed by atoms with Crippen LogP contribution in [0.2, 0.25) is 0 Å². The van der Waals surface area contributed by atoms with E-state index in [1.165, 1.54) is 0 Å². The molecule has 0 amide bonds. The van der Waals surface area contributed by atoms with Gasteiger partial charge in [0.15, 0.2) is 9.84 Å². The maximum Gasteiger partial charge on any atom is 0.324 e. The summed E-state index contributed by atoms with van der Waals surface area (Å²) in [6, 6.07) is 2.13. The predicted molar refractivity (Wildman–Crippen MR) is 76.6 cm³/mol. The summed E-state index contributed by atoms with van der Waals surface area (Å²) in [6.45, 7) is 0.620. The average molecular weight is 316 g/mol. The highest BCUT2D eigenvalue weighted by Crippen LogP contribution is 2.34. The third-order valence-electron chi connectivity index (χ3n) is 3.88. The van der Waals surface area contributed by atoms with Crippen LogP contribution in [0, 0.1) is 10.1 Å². The van der Waals surface area contributed by atoms with Crippen LogP contribution in [-0.4, -0.2) is 41.8 Å². The molecule has 0 bridgehead atoms. The molecule has 2 heterocycles. The maximum atomic E-state index is 11.6. The molecule has 1 saturated carbocycles. The Morgan fingerprint density at radius 1 is 1.35 bits per heavy atom. The van der Waals surface area contributed by atoms with Crippen LogP contribution in [-0.2, 0) is 16.4 Å². The zero-order chi connectivity index (χ0) is 14.3. The standard InChI is InChI=1S/C12H16N2O4S2/c15-14(16)12-5-9(7-19-12)6-13(10-1-2-10)11-3-4-20(17,18)8-11/h5,7,10-11H,1-4,6,8H2/t11-/m1/s1. The molecule has 1 aromatic heterocycles. The first kappa shape index (κ1) is 14.0. The van der Waals surface area contributed by atoms with Gasteiger partial charge in [0, 0.05) is 30.1 Å². The fourth-order valence-electron chi connectivity index (χ4n) is 2.75. The molecular formula is C12H16N2O4S2. The minimum atomic E-state index is -2.89. The lowest BCUT2D eigenvalue weighted by Gasteiger charge is -2.27. The van der Waals surface area contributed by atoms with Gasteiger partial charge in [-0.15, -0.1) is 0 Å². The number of nitrogens with zero attached hydrogens (tertiary/aromatic N) is 2. The highest BCUT2D eigenvalue weighted by molar-refractivity contribution is 7.91. The molecule has 2 aliphatic rings. The van der Waals surface area contributed by atoms with Gasteiger partial charge in [-0.3, -0.25) is 15.0 Å². The molecule has 110 valence electrons.